The van der Waals surface area contributed by atoms with Gasteiger partial charge in [-0.1, -0.05) is 12.0 Å². The number of hydrogen-bond acceptors (Lipinski definition) is 8. The summed E-state index contributed by atoms with van der Waals surface area (Å²) in [6.07, 6.45) is 12.2. The molecule has 12 heteroatoms. The quantitative estimate of drug-likeness (QED) is 0.261. The summed E-state index contributed by atoms with van der Waals surface area (Å²) in [5.41, 5.74) is 0.0978. The van der Waals surface area contributed by atoms with Crippen molar-refractivity contribution in [2.75, 3.05) is 37.7 Å². The van der Waals surface area contributed by atoms with Crippen molar-refractivity contribution in [3.05, 3.63) is 53.9 Å². The smallest absolute Gasteiger partial charge is 0.319 e. The van der Waals surface area contributed by atoms with Crippen LogP contribution in [0.3, 0.4) is 0 Å². The molecule has 2 aromatic carbocycles. The van der Waals surface area contributed by atoms with Gasteiger partial charge < -0.3 is 20.1 Å². The summed E-state index contributed by atoms with van der Waals surface area (Å²) in [7, 11) is 0. The monoisotopic (exact) mass is 639 g/mol. The van der Waals surface area contributed by atoms with Gasteiger partial charge in [0.15, 0.2) is 11.5 Å². The number of hydrogen-bond donors (Lipinski definition) is 2. The van der Waals surface area contributed by atoms with E-state index in [1.165, 1.54) is 24.3 Å². The largest absolute Gasteiger partial charge is 0.508 e. The normalized spacial score (nSPS) is 25.7. The van der Waals surface area contributed by atoms with Crippen LogP contribution >= 0.6 is 0 Å². The topological polar surface area (TPSA) is 91.1 Å². The number of ether oxygens (including phenoxy) is 1. The Bertz CT molecular complexity index is 2140. The zero-order valence-corrected chi connectivity index (χ0v) is 25.5. The van der Waals surface area contributed by atoms with Crippen molar-refractivity contribution < 1.29 is 23.0 Å². The molecule has 0 amide bonds. The van der Waals surface area contributed by atoms with Gasteiger partial charge in [0, 0.05) is 61.5 Å². The SMILES string of the molecule is C#Cc1c(F)ccc2cc(O)cc(-c3c(F)c4nc(OC[C@@]56CCCN5C[C@H](F)C6)nc(N5C[C@H]6CC[C@@H](C5)N6)c4c4nccn34)c12. The van der Waals surface area contributed by atoms with E-state index in [4.69, 9.17) is 16.1 Å². The van der Waals surface area contributed by atoms with Crippen molar-refractivity contribution in [1.29, 1.82) is 0 Å². The molecule has 0 unspecified atom stereocenters. The number of terminal acetylenes is 1. The molecule has 2 N–H and O–H groups in total. The van der Waals surface area contributed by atoms with Crippen LogP contribution in [0.25, 0.3) is 38.6 Å². The Labute approximate surface area is 268 Å². The summed E-state index contributed by atoms with van der Waals surface area (Å²) in [4.78, 5) is 18.5. The highest BCUT2D eigenvalue weighted by atomic mass is 19.1. The molecule has 5 aromatic rings. The molecule has 4 saturated heterocycles. The molecule has 0 spiro atoms. The van der Waals surface area contributed by atoms with Gasteiger partial charge in [0.05, 0.1) is 22.2 Å². The maximum Gasteiger partial charge on any atom is 0.319 e. The number of aromatic hydroxyl groups is 1. The van der Waals surface area contributed by atoms with Crippen molar-refractivity contribution in [1.82, 2.24) is 29.6 Å². The highest BCUT2D eigenvalue weighted by Gasteiger charge is 2.49. The molecule has 240 valence electrons. The zero-order valence-electron chi connectivity index (χ0n) is 25.5. The van der Waals surface area contributed by atoms with Gasteiger partial charge in [-0.05, 0) is 55.8 Å². The standard InChI is InChI=1S/C35H32F3N7O2/c1-2-24-26(37)7-4-19-12-23(46)13-25(27(19)24)31-29(38)30-28(32-39-9-11-45(31)32)33(43-16-21-5-6-22(17-43)40-21)42-34(41-30)47-18-35-8-3-10-44(35)15-20(36)14-35/h1,4,7,9,11-13,20-22,40,46H,3,5-6,8,10,14-18H2/t20-,21-,22+,35+/m1/s1. The van der Waals surface area contributed by atoms with E-state index in [2.05, 4.69) is 31.0 Å². The molecular weight excluding hydrogens is 607 g/mol. The number of phenolic OH excluding ortho intramolecular Hbond substituents is 1. The molecule has 0 radical (unpaired) electrons. The van der Waals surface area contributed by atoms with Crippen molar-refractivity contribution in [3.8, 4) is 35.4 Å². The zero-order chi connectivity index (χ0) is 32.0. The number of imidazole rings is 1. The second-order valence-corrected chi connectivity index (χ2v) is 13.4. The van der Waals surface area contributed by atoms with Crippen molar-refractivity contribution in [3.63, 3.8) is 0 Å². The van der Waals surface area contributed by atoms with Crippen LogP contribution < -0.4 is 15.0 Å². The Morgan fingerprint density at radius 3 is 2.74 bits per heavy atom. The molecule has 7 heterocycles. The van der Waals surface area contributed by atoms with Gasteiger partial charge in [0.2, 0.25) is 0 Å². The van der Waals surface area contributed by atoms with Crippen LogP contribution in [0, 0.1) is 24.0 Å². The third-order valence-corrected chi connectivity index (χ3v) is 10.6. The first-order valence-corrected chi connectivity index (χ1v) is 16.1. The minimum Gasteiger partial charge on any atom is -0.508 e. The number of pyridine rings is 1. The third-order valence-electron chi connectivity index (χ3n) is 10.6. The number of aromatic nitrogens is 4. The van der Waals surface area contributed by atoms with E-state index in [0.29, 0.717) is 48.3 Å². The van der Waals surface area contributed by atoms with Gasteiger partial charge in [-0.3, -0.25) is 9.30 Å². The first-order chi connectivity index (χ1) is 22.8. The molecule has 0 aliphatic carbocycles. The van der Waals surface area contributed by atoms with E-state index in [1.807, 2.05) is 0 Å². The lowest BCUT2D eigenvalue weighted by molar-refractivity contribution is 0.107. The predicted octanol–water partition coefficient (Wildman–Crippen LogP) is 4.96. The number of phenols is 1. The highest BCUT2D eigenvalue weighted by Crippen LogP contribution is 2.43. The number of anilines is 1. The van der Waals surface area contributed by atoms with Gasteiger partial charge in [-0.15, -0.1) is 6.42 Å². The molecule has 0 saturated carbocycles. The van der Waals surface area contributed by atoms with Crippen LogP contribution in [0.5, 0.6) is 11.8 Å². The van der Waals surface area contributed by atoms with E-state index in [0.717, 1.165) is 32.2 Å². The number of benzene rings is 2. The fourth-order valence-electron chi connectivity index (χ4n) is 8.59. The van der Waals surface area contributed by atoms with Crippen LogP contribution in [0.4, 0.5) is 19.0 Å². The Hall–Kier alpha value is -4.60. The predicted molar refractivity (Wildman–Crippen MR) is 171 cm³/mol. The lowest BCUT2D eigenvalue weighted by Gasteiger charge is -2.34. The van der Waals surface area contributed by atoms with Crippen LogP contribution in [0.1, 0.15) is 37.7 Å². The summed E-state index contributed by atoms with van der Waals surface area (Å²) < 4.78 is 54.8. The summed E-state index contributed by atoms with van der Waals surface area (Å²) in [6.45, 7) is 2.71. The molecule has 4 fully saturated rings. The van der Waals surface area contributed by atoms with Crippen LogP contribution in [-0.4, -0.2) is 85.9 Å². The number of nitrogens with one attached hydrogen (secondary N) is 1. The van der Waals surface area contributed by atoms with Gasteiger partial charge >= 0.3 is 6.01 Å². The average molecular weight is 640 g/mol. The number of halogens is 3. The number of nitrogens with zero attached hydrogens (tertiary/aromatic N) is 6. The number of rotatable bonds is 5. The Kier molecular flexibility index (Phi) is 6.36. The summed E-state index contributed by atoms with van der Waals surface area (Å²) >= 11 is 0. The summed E-state index contributed by atoms with van der Waals surface area (Å²) in [6, 6.07) is 6.11. The molecule has 4 atom stereocenters. The fourth-order valence-corrected chi connectivity index (χ4v) is 8.59. The van der Waals surface area contributed by atoms with Crippen molar-refractivity contribution in [2.45, 2.75) is 55.9 Å². The molecule has 47 heavy (non-hydrogen) atoms. The maximum absolute atomic E-state index is 17.3. The maximum atomic E-state index is 17.3. The first-order valence-electron chi connectivity index (χ1n) is 16.1. The molecule has 4 aliphatic rings. The van der Waals surface area contributed by atoms with Crippen molar-refractivity contribution >= 4 is 33.1 Å². The van der Waals surface area contributed by atoms with Gasteiger partial charge in [-0.2, -0.15) is 9.97 Å². The lowest BCUT2D eigenvalue weighted by Crippen LogP contribution is -2.51. The minimum atomic E-state index is -0.924. The number of piperazine rings is 1. The van der Waals surface area contributed by atoms with Crippen LogP contribution in [0.15, 0.2) is 36.7 Å². The Morgan fingerprint density at radius 2 is 1.94 bits per heavy atom. The Morgan fingerprint density at radius 1 is 1.11 bits per heavy atom. The number of alkyl halides is 1. The molecular formula is C35H32F3N7O2. The molecule has 2 bridgehead atoms. The van der Waals surface area contributed by atoms with Crippen molar-refractivity contribution in [2.24, 2.45) is 0 Å². The third kappa shape index (κ3) is 4.36. The molecule has 4 aliphatic heterocycles. The Balaban J connectivity index is 1.28. The van der Waals surface area contributed by atoms with E-state index in [1.54, 1.807) is 16.8 Å². The molecule has 9 rings (SSSR count). The van der Waals surface area contributed by atoms with E-state index in [9.17, 15) is 9.50 Å². The van der Waals surface area contributed by atoms with Crippen LogP contribution in [-0.2, 0) is 0 Å². The second-order valence-electron chi connectivity index (χ2n) is 13.4. The fraction of sp³-hybridized carbons (Fsp3) is 0.400. The average Bonchev–Trinajstić information content (AvgIpc) is 3.83. The summed E-state index contributed by atoms with van der Waals surface area (Å²) in [5, 5.41) is 15.5. The molecule has 9 nitrogen and oxygen atoms in total. The lowest BCUT2D eigenvalue weighted by atomic mass is 9.95. The van der Waals surface area contributed by atoms with E-state index < -0.39 is 23.3 Å². The van der Waals surface area contributed by atoms with Crippen LogP contribution in [0.2, 0.25) is 0 Å². The van der Waals surface area contributed by atoms with E-state index in [-0.39, 0.29) is 58.2 Å². The minimum absolute atomic E-state index is 0.00112. The van der Waals surface area contributed by atoms with Gasteiger partial charge in [0.1, 0.15) is 35.7 Å². The molecule has 3 aromatic heterocycles. The van der Waals surface area contributed by atoms with E-state index >= 15 is 8.78 Å². The second kappa shape index (κ2) is 10.5. The number of fused-ring (bicyclic) bond motifs is 7. The first kappa shape index (κ1) is 28.6. The van der Waals surface area contributed by atoms with Gasteiger partial charge in [-0.25, -0.2) is 18.2 Å². The highest BCUT2D eigenvalue weighted by molar-refractivity contribution is 6.07. The van der Waals surface area contributed by atoms with Gasteiger partial charge in [0.25, 0.3) is 0 Å². The summed E-state index contributed by atoms with van der Waals surface area (Å²) in [5.74, 6) is 1.43.